The molecule has 0 saturated heterocycles. The van der Waals surface area contributed by atoms with Gasteiger partial charge in [-0.05, 0) is 31.0 Å². The lowest BCUT2D eigenvalue weighted by molar-refractivity contribution is 0.291. The van der Waals surface area contributed by atoms with Gasteiger partial charge in [0.05, 0.1) is 10.4 Å². The molecule has 1 saturated carbocycles. The second kappa shape index (κ2) is 6.18. The first-order valence-electron chi connectivity index (χ1n) is 6.41. The first-order chi connectivity index (χ1) is 9.34. The van der Waals surface area contributed by atoms with Crippen molar-refractivity contribution in [1.29, 1.82) is 0 Å². The second-order valence-corrected chi connectivity index (χ2v) is 7.90. The van der Waals surface area contributed by atoms with Gasteiger partial charge >= 0.3 is 0 Å². The number of halogens is 3. The fourth-order valence-electron chi connectivity index (χ4n) is 2.48. The average molecular weight is 340 g/mol. The summed E-state index contributed by atoms with van der Waals surface area (Å²) in [6, 6.07) is 3.04. The van der Waals surface area contributed by atoms with Crippen LogP contribution in [0.1, 0.15) is 25.7 Å². The number of rotatable bonds is 3. The Balaban J connectivity index is 2.36. The molecule has 1 aliphatic rings. The maximum atomic E-state index is 13.3. The van der Waals surface area contributed by atoms with Crippen LogP contribution in [0, 0.1) is 5.82 Å². The molecule has 0 radical (unpaired) electrons. The van der Waals surface area contributed by atoms with Gasteiger partial charge in [0.25, 0.3) is 0 Å². The predicted octanol–water partition coefficient (Wildman–Crippen LogP) is 3.65. The normalized spacial score (nSPS) is 24.1. The predicted molar refractivity (Wildman–Crippen MR) is 78.3 cm³/mol. The molecule has 0 aliphatic heterocycles. The van der Waals surface area contributed by atoms with Gasteiger partial charge in [0, 0.05) is 13.1 Å². The number of benzene rings is 1. The van der Waals surface area contributed by atoms with E-state index >= 15 is 0 Å². The summed E-state index contributed by atoms with van der Waals surface area (Å²) in [4.78, 5) is -0.212. The van der Waals surface area contributed by atoms with Gasteiger partial charge in [-0.25, -0.2) is 12.8 Å². The number of hydrogen-bond donors (Lipinski definition) is 0. The average Bonchev–Trinajstić information content (AvgIpc) is 2.41. The summed E-state index contributed by atoms with van der Waals surface area (Å²) < 4.78 is 39.7. The number of sulfonamides is 1. The van der Waals surface area contributed by atoms with E-state index in [-0.39, 0.29) is 21.3 Å². The highest BCUT2D eigenvalue weighted by atomic mass is 35.5. The number of hydrogen-bond acceptors (Lipinski definition) is 2. The smallest absolute Gasteiger partial charge is 0.207 e. The van der Waals surface area contributed by atoms with E-state index < -0.39 is 15.8 Å². The molecule has 0 aromatic heterocycles. The molecular formula is C13H16Cl2FNO2S. The Labute approximate surface area is 128 Å². The van der Waals surface area contributed by atoms with E-state index in [0.29, 0.717) is 6.42 Å². The molecular weight excluding hydrogens is 324 g/mol. The highest BCUT2D eigenvalue weighted by Crippen LogP contribution is 2.32. The van der Waals surface area contributed by atoms with Crippen molar-refractivity contribution in [3.63, 3.8) is 0 Å². The lowest BCUT2D eigenvalue weighted by Gasteiger charge is -2.34. The zero-order chi connectivity index (χ0) is 14.9. The summed E-state index contributed by atoms with van der Waals surface area (Å²) in [7, 11) is -2.37. The van der Waals surface area contributed by atoms with Crippen LogP contribution >= 0.6 is 23.2 Å². The summed E-state index contributed by atoms with van der Waals surface area (Å²) >= 11 is 12.1. The molecule has 3 nitrogen and oxygen atoms in total. The first-order valence-corrected chi connectivity index (χ1v) is 8.66. The van der Waals surface area contributed by atoms with Crippen LogP contribution in [0.2, 0.25) is 5.02 Å². The minimum atomic E-state index is -3.85. The molecule has 112 valence electrons. The van der Waals surface area contributed by atoms with Crippen LogP contribution in [0.15, 0.2) is 23.1 Å². The van der Waals surface area contributed by atoms with Crippen LogP contribution < -0.4 is 0 Å². The Kier molecular flexibility index (Phi) is 4.95. The molecule has 2 atom stereocenters. The third-order valence-corrected chi connectivity index (χ3v) is 6.54. The molecule has 0 heterocycles. The largest absolute Gasteiger partial charge is 0.244 e. The summed E-state index contributed by atoms with van der Waals surface area (Å²) in [6.45, 7) is 0. The molecule has 2 rings (SSSR count). The topological polar surface area (TPSA) is 37.4 Å². The molecule has 20 heavy (non-hydrogen) atoms. The maximum Gasteiger partial charge on any atom is 0.244 e. The van der Waals surface area contributed by atoms with Crippen molar-refractivity contribution in [3.8, 4) is 0 Å². The van der Waals surface area contributed by atoms with Gasteiger partial charge in [0.2, 0.25) is 10.0 Å². The summed E-state index contributed by atoms with van der Waals surface area (Å²) in [5, 5.41) is -0.212. The molecule has 1 fully saturated rings. The van der Waals surface area contributed by atoms with Gasteiger partial charge in [-0.3, -0.25) is 0 Å². The Bertz CT molecular complexity index is 594. The Hall–Kier alpha value is -0.360. The van der Waals surface area contributed by atoms with Crippen molar-refractivity contribution in [2.75, 3.05) is 7.05 Å². The van der Waals surface area contributed by atoms with E-state index in [2.05, 4.69) is 0 Å². The van der Waals surface area contributed by atoms with Crippen LogP contribution in [0.25, 0.3) is 0 Å². The fourth-order valence-corrected chi connectivity index (χ4v) is 4.91. The molecule has 1 aromatic carbocycles. The summed E-state index contributed by atoms with van der Waals surface area (Å²) in [6.07, 6.45) is 3.42. The van der Waals surface area contributed by atoms with Crippen LogP contribution in [0.4, 0.5) is 4.39 Å². The minimum Gasteiger partial charge on any atom is -0.207 e. The molecule has 0 amide bonds. The Morgan fingerprint density at radius 1 is 1.30 bits per heavy atom. The van der Waals surface area contributed by atoms with E-state index in [1.165, 1.54) is 17.4 Å². The van der Waals surface area contributed by atoms with Crippen LogP contribution in [-0.2, 0) is 10.0 Å². The van der Waals surface area contributed by atoms with Gasteiger partial charge in [-0.2, -0.15) is 4.31 Å². The lowest BCUT2D eigenvalue weighted by atomic mass is 9.95. The van der Waals surface area contributed by atoms with Crippen molar-refractivity contribution in [2.45, 2.75) is 42.0 Å². The summed E-state index contributed by atoms with van der Waals surface area (Å²) in [5.41, 5.74) is 0. The van der Waals surface area contributed by atoms with Gasteiger partial charge < -0.3 is 0 Å². The quantitative estimate of drug-likeness (QED) is 0.788. The van der Waals surface area contributed by atoms with Crippen molar-refractivity contribution >= 4 is 33.2 Å². The van der Waals surface area contributed by atoms with Crippen molar-refractivity contribution in [1.82, 2.24) is 4.31 Å². The minimum absolute atomic E-state index is 0.0141. The first kappa shape index (κ1) is 16.0. The maximum absolute atomic E-state index is 13.3. The van der Waals surface area contributed by atoms with Gasteiger partial charge in [-0.15, -0.1) is 11.6 Å². The third-order valence-electron chi connectivity index (χ3n) is 3.66. The monoisotopic (exact) mass is 339 g/mol. The van der Waals surface area contributed by atoms with Crippen LogP contribution in [0.3, 0.4) is 0 Å². The lowest BCUT2D eigenvalue weighted by Crippen LogP contribution is -2.44. The van der Waals surface area contributed by atoms with Crippen molar-refractivity contribution < 1.29 is 12.8 Å². The zero-order valence-electron chi connectivity index (χ0n) is 11.0. The van der Waals surface area contributed by atoms with Gasteiger partial charge in [0.15, 0.2) is 0 Å². The molecule has 1 aliphatic carbocycles. The van der Waals surface area contributed by atoms with Crippen molar-refractivity contribution in [3.05, 3.63) is 29.0 Å². The third kappa shape index (κ3) is 3.11. The highest BCUT2D eigenvalue weighted by molar-refractivity contribution is 7.89. The SMILES string of the molecule is CN(C1CCCCC1Cl)S(=O)(=O)c1cc(F)ccc1Cl. The van der Waals surface area contributed by atoms with Crippen molar-refractivity contribution in [2.24, 2.45) is 0 Å². The number of alkyl halides is 1. The van der Waals surface area contributed by atoms with Crippen LogP contribution in [-0.4, -0.2) is 31.2 Å². The molecule has 0 N–H and O–H groups in total. The molecule has 1 aromatic rings. The van der Waals surface area contributed by atoms with E-state index in [4.69, 9.17) is 23.2 Å². The molecule has 0 bridgehead atoms. The van der Waals surface area contributed by atoms with E-state index in [9.17, 15) is 12.8 Å². The molecule has 7 heteroatoms. The molecule has 0 spiro atoms. The Morgan fingerprint density at radius 3 is 2.60 bits per heavy atom. The van der Waals surface area contributed by atoms with Crippen LogP contribution in [0.5, 0.6) is 0 Å². The van der Waals surface area contributed by atoms with E-state index in [0.717, 1.165) is 31.4 Å². The Morgan fingerprint density at radius 2 is 1.95 bits per heavy atom. The van der Waals surface area contributed by atoms with E-state index in [1.54, 1.807) is 0 Å². The standard InChI is InChI=1S/C13H16Cl2FNO2S/c1-17(12-5-3-2-4-10(12)14)20(18,19)13-8-9(16)6-7-11(13)15/h6-8,10,12H,2-5H2,1H3. The highest BCUT2D eigenvalue weighted by Gasteiger charge is 2.35. The second-order valence-electron chi connectivity index (χ2n) is 4.96. The number of nitrogens with zero attached hydrogens (tertiary/aromatic N) is 1. The zero-order valence-corrected chi connectivity index (χ0v) is 13.3. The molecule has 2 unspecified atom stereocenters. The van der Waals surface area contributed by atoms with Gasteiger partial charge in [0.1, 0.15) is 10.7 Å². The van der Waals surface area contributed by atoms with Gasteiger partial charge in [-0.1, -0.05) is 24.4 Å². The van der Waals surface area contributed by atoms with E-state index in [1.807, 2.05) is 0 Å². The fraction of sp³-hybridized carbons (Fsp3) is 0.538. The summed E-state index contributed by atoms with van der Waals surface area (Å²) in [5.74, 6) is -0.632.